The van der Waals surface area contributed by atoms with Crippen LogP contribution in [-0.4, -0.2) is 18.5 Å². The fourth-order valence-corrected chi connectivity index (χ4v) is 2.73. The molecule has 1 aromatic carbocycles. The van der Waals surface area contributed by atoms with Crippen LogP contribution in [0, 0.1) is 0 Å². The first kappa shape index (κ1) is 15.0. The van der Waals surface area contributed by atoms with Gasteiger partial charge in [0.05, 0.1) is 4.34 Å². The summed E-state index contributed by atoms with van der Waals surface area (Å²) in [4.78, 5) is 23.6. The number of benzene rings is 1. The monoisotopic (exact) mass is 373 g/mol. The lowest BCUT2D eigenvalue weighted by Gasteiger charge is -2.06. The smallest absolute Gasteiger partial charge is 0.348 e. The molecule has 7 heteroatoms. The molecule has 2 aromatic rings. The second-order valence-electron chi connectivity index (χ2n) is 3.74. The van der Waals surface area contributed by atoms with Gasteiger partial charge in [0.25, 0.3) is 5.91 Å². The summed E-state index contributed by atoms with van der Waals surface area (Å²) in [7, 11) is 0. The van der Waals surface area contributed by atoms with E-state index in [0.717, 1.165) is 15.8 Å². The fraction of sp³-hybridized carbons (Fsp3) is 0.0769. The van der Waals surface area contributed by atoms with Gasteiger partial charge in [0.1, 0.15) is 4.88 Å². The number of amides is 1. The molecule has 0 saturated carbocycles. The Kier molecular flexibility index (Phi) is 5.17. The first-order valence-electron chi connectivity index (χ1n) is 5.52. The largest absolute Gasteiger partial charge is 0.451 e. The number of hydrogen-bond acceptors (Lipinski definition) is 4. The van der Waals surface area contributed by atoms with E-state index < -0.39 is 11.9 Å². The number of anilines is 1. The van der Waals surface area contributed by atoms with Crippen LogP contribution in [0.25, 0.3) is 0 Å². The van der Waals surface area contributed by atoms with Gasteiger partial charge in [-0.1, -0.05) is 33.6 Å². The Morgan fingerprint density at radius 1 is 1.30 bits per heavy atom. The van der Waals surface area contributed by atoms with E-state index in [0.29, 0.717) is 14.9 Å². The number of ether oxygens (including phenoxy) is 1. The van der Waals surface area contributed by atoms with Gasteiger partial charge in [-0.3, -0.25) is 4.79 Å². The van der Waals surface area contributed by atoms with Crippen LogP contribution >= 0.6 is 38.9 Å². The Hall–Kier alpha value is -1.37. The third-order valence-corrected chi connectivity index (χ3v) is 3.92. The molecule has 0 aliphatic carbocycles. The molecule has 0 spiro atoms. The van der Waals surface area contributed by atoms with E-state index in [1.165, 1.54) is 0 Å². The highest BCUT2D eigenvalue weighted by Gasteiger charge is 2.12. The fourth-order valence-electron chi connectivity index (χ4n) is 1.39. The van der Waals surface area contributed by atoms with Gasteiger partial charge in [-0.15, -0.1) is 11.3 Å². The molecule has 0 radical (unpaired) electrons. The lowest BCUT2D eigenvalue weighted by Crippen LogP contribution is -2.20. The number of thiophene rings is 1. The summed E-state index contributed by atoms with van der Waals surface area (Å²) in [6, 6.07) is 10.3. The van der Waals surface area contributed by atoms with Crippen LogP contribution in [0.1, 0.15) is 9.67 Å². The first-order chi connectivity index (χ1) is 9.54. The van der Waals surface area contributed by atoms with E-state index in [9.17, 15) is 9.59 Å². The first-order valence-corrected chi connectivity index (χ1v) is 7.51. The maximum Gasteiger partial charge on any atom is 0.348 e. The average Bonchev–Trinajstić information content (AvgIpc) is 2.83. The standard InChI is InChI=1S/C13H9BrClNO3S/c14-8-2-1-3-9(6-8)16-12(17)7-19-13(18)10-4-5-11(15)20-10/h1-6H,7H2,(H,16,17). The van der Waals surface area contributed by atoms with Crippen LogP contribution in [0.5, 0.6) is 0 Å². The van der Waals surface area contributed by atoms with Gasteiger partial charge in [0.2, 0.25) is 0 Å². The SMILES string of the molecule is O=C(COC(=O)c1ccc(Cl)s1)Nc1cccc(Br)c1. The molecule has 1 heterocycles. The number of carbonyl (C=O) groups is 2. The molecular weight excluding hydrogens is 366 g/mol. The van der Waals surface area contributed by atoms with E-state index in [1.807, 2.05) is 6.07 Å². The Bertz CT molecular complexity index is 644. The highest BCUT2D eigenvalue weighted by Crippen LogP contribution is 2.22. The van der Waals surface area contributed by atoms with Gasteiger partial charge >= 0.3 is 5.97 Å². The van der Waals surface area contributed by atoms with E-state index in [1.54, 1.807) is 30.3 Å². The van der Waals surface area contributed by atoms with Crippen molar-refractivity contribution < 1.29 is 14.3 Å². The topological polar surface area (TPSA) is 55.4 Å². The van der Waals surface area contributed by atoms with Crippen molar-refractivity contribution in [1.82, 2.24) is 0 Å². The van der Waals surface area contributed by atoms with Gasteiger partial charge in [-0.25, -0.2) is 4.79 Å². The van der Waals surface area contributed by atoms with Crippen molar-refractivity contribution in [2.75, 3.05) is 11.9 Å². The van der Waals surface area contributed by atoms with Crippen molar-refractivity contribution in [3.05, 3.63) is 50.1 Å². The Morgan fingerprint density at radius 2 is 2.10 bits per heavy atom. The summed E-state index contributed by atoms with van der Waals surface area (Å²) in [5, 5.41) is 2.63. The molecule has 0 fully saturated rings. The van der Waals surface area contributed by atoms with Crippen molar-refractivity contribution in [1.29, 1.82) is 0 Å². The van der Waals surface area contributed by atoms with Crippen LogP contribution in [0.4, 0.5) is 5.69 Å². The van der Waals surface area contributed by atoms with Crippen molar-refractivity contribution in [3.63, 3.8) is 0 Å². The summed E-state index contributed by atoms with van der Waals surface area (Å²) in [5.41, 5.74) is 0.625. The molecule has 0 unspecified atom stereocenters. The lowest BCUT2D eigenvalue weighted by molar-refractivity contribution is -0.119. The van der Waals surface area contributed by atoms with Crippen molar-refractivity contribution >= 4 is 56.4 Å². The van der Waals surface area contributed by atoms with Crippen LogP contribution in [-0.2, 0) is 9.53 Å². The quantitative estimate of drug-likeness (QED) is 0.824. The van der Waals surface area contributed by atoms with Gasteiger partial charge in [-0.05, 0) is 30.3 Å². The van der Waals surface area contributed by atoms with Crippen molar-refractivity contribution in [2.24, 2.45) is 0 Å². The number of carbonyl (C=O) groups excluding carboxylic acids is 2. The number of nitrogens with one attached hydrogen (secondary N) is 1. The molecule has 4 nitrogen and oxygen atoms in total. The zero-order valence-electron chi connectivity index (χ0n) is 10.1. The zero-order chi connectivity index (χ0) is 14.5. The molecule has 0 aliphatic rings. The molecule has 0 aliphatic heterocycles. The summed E-state index contributed by atoms with van der Waals surface area (Å²) >= 11 is 10.1. The van der Waals surface area contributed by atoms with Crippen LogP contribution < -0.4 is 5.32 Å². The predicted molar refractivity (Wildman–Crippen MR) is 82.4 cm³/mol. The van der Waals surface area contributed by atoms with E-state index >= 15 is 0 Å². The van der Waals surface area contributed by atoms with Gasteiger partial charge in [-0.2, -0.15) is 0 Å². The molecule has 0 atom stereocenters. The number of esters is 1. The molecular formula is C13H9BrClNO3S. The average molecular weight is 375 g/mol. The molecule has 0 saturated heterocycles. The van der Waals surface area contributed by atoms with Gasteiger partial charge in [0, 0.05) is 10.2 Å². The van der Waals surface area contributed by atoms with Gasteiger partial charge < -0.3 is 10.1 Å². The molecule has 20 heavy (non-hydrogen) atoms. The summed E-state index contributed by atoms with van der Waals surface area (Å²) in [5.74, 6) is -0.967. The van der Waals surface area contributed by atoms with Crippen LogP contribution in [0.2, 0.25) is 4.34 Å². The maximum atomic E-state index is 11.6. The van der Waals surface area contributed by atoms with E-state index in [2.05, 4.69) is 21.2 Å². The number of hydrogen-bond donors (Lipinski definition) is 1. The van der Waals surface area contributed by atoms with Crippen LogP contribution in [0.3, 0.4) is 0 Å². The predicted octanol–water partition coefficient (Wildman–Crippen LogP) is 3.96. The minimum Gasteiger partial charge on any atom is -0.451 e. The van der Waals surface area contributed by atoms with Crippen LogP contribution in [0.15, 0.2) is 40.9 Å². The highest BCUT2D eigenvalue weighted by atomic mass is 79.9. The third-order valence-electron chi connectivity index (χ3n) is 2.22. The Labute approximate surface area is 132 Å². The lowest BCUT2D eigenvalue weighted by atomic mass is 10.3. The van der Waals surface area contributed by atoms with Crippen molar-refractivity contribution in [3.8, 4) is 0 Å². The molecule has 2 rings (SSSR count). The normalized spacial score (nSPS) is 10.1. The Morgan fingerprint density at radius 3 is 2.75 bits per heavy atom. The Balaban J connectivity index is 1.85. The summed E-state index contributed by atoms with van der Waals surface area (Å²) in [6.07, 6.45) is 0. The minimum atomic E-state index is -0.564. The van der Waals surface area contributed by atoms with E-state index in [4.69, 9.17) is 16.3 Å². The molecule has 1 amide bonds. The van der Waals surface area contributed by atoms with Crippen molar-refractivity contribution in [2.45, 2.75) is 0 Å². The third kappa shape index (κ3) is 4.33. The second kappa shape index (κ2) is 6.88. The second-order valence-corrected chi connectivity index (χ2v) is 6.37. The number of halogens is 2. The highest BCUT2D eigenvalue weighted by molar-refractivity contribution is 9.10. The number of rotatable bonds is 4. The zero-order valence-corrected chi connectivity index (χ0v) is 13.2. The summed E-state index contributed by atoms with van der Waals surface area (Å²) < 4.78 is 6.24. The molecule has 104 valence electrons. The molecule has 0 bridgehead atoms. The maximum absolute atomic E-state index is 11.6. The molecule has 1 N–H and O–H groups in total. The van der Waals surface area contributed by atoms with Gasteiger partial charge in [0.15, 0.2) is 6.61 Å². The minimum absolute atomic E-state index is 0.346. The molecule has 1 aromatic heterocycles. The summed E-state index contributed by atoms with van der Waals surface area (Å²) in [6.45, 7) is -0.346. The van der Waals surface area contributed by atoms with E-state index in [-0.39, 0.29) is 6.61 Å².